The van der Waals surface area contributed by atoms with E-state index in [1.807, 2.05) is 17.0 Å². The van der Waals surface area contributed by atoms with Crippen molar-refractivity contribution in [2.24, 2.45) is 5.92 Å². The molecule has 2 aliphatic rings. The van der Waals surface area contributed by atoms with Crippen molar-refractivity contribution in [2.75, 3.05) is 31.1 Å². The van der Waals surface area contributed by atoms with Crippen LogP contribution in [-0.4, -0.2) is 32.1 Å². The average Bonchev–Trinajstić information content (AvgIpc) is 2.47. The van der Waals surface area contributed by atoms with Crippen molar-refractivity contribution in [3.05, 3.63) is 23.2 Å². The van der Waals surface area contributed by atoms with Crippen LogP contribution in [0.15, 0.2) is 18.2 Å². The number of nitrogens with zero attached hydrogens (tertiary/aromatic N) is 1. The molecule has 1 atom stereocenters. The van der Waals surface area contributed by atoms with Crippen molar-refractivity contribution in [3.63, 3.8) is 0 Å². The first kappa shape index (κ1) is 13.7. The van der Waals surface area contributed by atoms with Crippen LogP contribution in [0, 0.1) is 5.92 Å². The number of benzene rings is 1. The summed E-state index contributed by atoms with van der Waals surface area (Å²) in [7, 11) is 0. The third-order valence-electron chi connectivity index (χ3n) is 4.02. The van der Waals surface area contributed by atoms with Gasteiger partial charge in [0.15, 0.2) is 6.61 Å². The molecule has 20 heavy (non-hydrogen) atoms. The summed E-state index contributed by atoms with van der Waals surface area (Å²) in [6.45, 7) is 3.03. The van der Waals surface area contributed by atoms with Gasteiger partial charge in [-0.15, -0.1) is 0 Å². The van der Waals surface area contributed by atoms with Crippen LogP contribution in [-0.2, 0) is 4.79 Å². The van der Waals surface area contributed by atoms with E-state index in [9.17, 15) is 4.79 Å². The van der Waals surface area contributed by atoms with Crippen molar-refractivity contribution in [1.29, 1.82) is 0 Å². The first-order valence-corrected chi connectivity index (χ1v) is 7.55. The zero-order valence-electron chi connectivity index (χ0n) is 11.4. The third kappa shape index (κ3) is 2.91. The summed E-state index contributed by atoms with van der Waals surface area (Å²) in [5, 5.41) is 4.04. The normalized spacial score (nSPS) is 22.4. The van der Waals surface area contributed by atoms with Gasteiger partial charge in [0.25, 0.3) is 5.91 Å². The molecule has 1 N–H and O–H groups in total. The second-order valence-corrected chi connectivity index (χ2v) is 5.88. The maximum Gasteiger partial charge on any atom is 0.265 e. The Morgan fingerprint density at radius 3 is 3.15 bits per heavy atom. The summed E-state index contributed by atoms with van der Waals surface area (Å²) < 4.78 is 5.45. The number of carbonyl (C=O) groups excluding carboxylic acids is 1. The fourth-order valence-corrected chi connectivity index (χ4v) is 3.07. The second kappa shape index (κ2) is 6.02. The molecule has 108 valence electrons. The summed E-state index contributed by atoms with van der Waals surface area (Å²) in [5.41, 5.74) is 0.803. The Morgan fingerprint density at radius 1 is 1.45 bits per heavy atom. The van der Waals surface area contributed by atoms with Gasteiger partial charge in [-0.2, -0.15) is 0 Å². The van der Waals surface area contributed by atoms with Crippen molar-refractivity contribution in [1.82, 2.24) is 5.32 Å². The summed E-state index contributed by atoms with van der Waals surface area (Å²) in [5.74, 6) is 1.42. The Kier molecular flexibility index (Phi) is 4.13. The Morgan fingerprint density at radius 2 is 2.35 bits per heavy atom. The van der Waals surface area contributed by atoms with Gasteiger partial charge in [0.1, 0.15) is 5.75 Å². The molecule has 1 aromatic rings. The minimum atomic E-state index is 0.0172. The van der Waals surface area contributed by atoms with Gasteiger partial charge in [0, 0.05) is 11.6 Å². The first-order valence-electron chi connectivity index (χ1n) is 7.17. The second-order valence-electron chi connectivity index (χ2n) is 5.45. The maximum atomic E-state index is 12.1. The van der Waals surface area contributed by atoms with E-state index in [-0.39, 0.29) is 12.5 Å². The Labute approximate surface area is 124 Å². The van der Waals surface area contributed by atoms with E-state index < -0.39 is 0 Å². The maximum absolute atomic E-state index is 12.1. The SMILES string of the molecule is O=C1COc2ccc(Cl)cc2N1CCC1CCCNC1. The van der Waals surface area contributed by atoms with Crippen molar-refractivity contribution >= 4 is 23.2 Å². The van der Waals surface area contributed by atoms with Crippen LogP contribution < -0.4 is 15.0 Å². The van der Waals surface area contributed by atoms with Crippen molar-refractivity contribution in [3.8, 4) is 5.75 Å². The number of ether oxygens (including phenoxy) is 1. The van der Waals surface area contributed by atoms with Crippen LogP contribution in [0.5, 0.6) is 5.75 Å². The molecule has 0 radical (unpaired) electrons. The number of hydrogen-bond donors (Lipinski definition) is 1. The lowest BCUT2D eigenvalue weighted by molar-refractivity contribution is -0.121. The highest BCUT2D eigenvalue weighted by Crippen LogP contribution is 2.34. The molecular formula is C15H19ClN2O2. The number of amides is 1. The number of carbonyl (C=O) groups is 1. The lowest BCUT2D eigenvalue weighted by Crippen LogP contribution is -2.41. The molecule has 3 rings (SSSR count). The third-order valence-corrected chi connectivity index (χ3v) is 4.26. The number of fused-ring (bicyclic) bond motifs is 1. The molecule has 1 fully saturated rings. The minimum absolute atomic E-state index is 0.0172. The average molecular weight is 295 g/mol. The number of hydrogen-bond acceptors (Lipinski definition) is 3. The van der Waals surface area contributed by atoms with Gasteiger partial charge in [-0.05, 0) is 56.5 Å². The van der Waals surface area contributed by atoms with Gasteiger partial charge in [-0.3, -0.25) is 4.79 Å². The van der Waals surface area contributed by atoms with Crippen LogP contribution in [0.25, 0.3) is 0 Å². The molecule has 1 aromatic carbocycles. The molecule has 1 amide bonds. The molecule has 2 aliphatic heterocycles. The molecule has 4 nitrogen and oxygen atoms in total. The molecule has 0 aromatic heterocycles. The van der Waals surface area contributed by atoms with Gasteiger partial charge < -0.3 is 15.0 Å². The predicted octanol–water partition coefficient (Wildman–Crippen LogP) is 2.46. The topological polar surface area (TPSA) is 41.6 Å². The molecule has 2 heterocycles. The van der Waals surface area contributed by atoms with E-state index in [0.717, 1.165) is 37.5 Å². The minimum Gasteiger partial charge on any atom is -0.482 e. The largest absolute Gasteiger partial charge is 0.482 e. The fraction of sp³-hybridized carbons (Fsp3) is 0.533. The van der Waals surface area contributed by atoms with E-state index in [2.05, 4.69) is 5.32 Å². The monoisotopic (exact) mass is 294 g/mol. The molecule has 1 saturated heterocycles. The summed E-state index contributed by atoms with van der Waals surface area (Å²) in [4.78, 5) is 13.9. The molecule has 5 heteroatoms. The summed E-state index contributed by atoms with van der Waals surface area (Å²) in [6, 6.07) is 5.44. The zero-order chi connectivity index (χ0) is 13.9. The molecule has 0 aliphatic carbocycles. The number of rotatable bonds is 3. The molecule has 1 unspecified atom stereocenters. The van der Waals surface area contributed by atoms with Crippen LogP contribution in [0.2, 0.25) is 5.02 Å². The van der Waals surface area contributed by atoms with Crippen molar-refractivity contribution < 1.29 is 9.53 Å². The molecular weight excluding hydrogens is 276 g/mol. The standard InChI is InChI=1S/C15H19ClN2O2/c16-12-3-4-14-13(8-12)18(15(19)10-20-14)7-5-11-2-1-6-17-9-11/h3-4,8,11,17H,1-2,5-7,9-10H2. The zero-order valence-corrected chi connectivity index (χ0v) is 12.2. The highest BCUT2D eigenvalue weighted by Gasteiger charge is 2.26. The number of piperidine rings is 1. The molecule has 0 saturated carbocycles. The molecule has 0 bridgehead atoms. The van der Waals surface area contributed by atoms with Gasteiger partial charge in [-0.1, -0.05) is 11.6 Å². The Hall–Kier alpha value is -1.26. The van der Waals surface area contributed by atoms with Crippen molar-refractivity contribution in [2.45, 2.75) is 19.3 Å². The van der Waals surface area contributed by atoms with Crippen LogP contribution in [0.4, 0.5) is 5.69 Å². The summed E-state index contributed by atoms with van der Waals surface area (Å²) >= 11 is 6.04. The van der Waals surface area contributed by atoms with Crippen LogP contribution in [0.1, 0.15) is 19.3 Å². The number of nitrogens with one attached hydrogen (secondary N) is 1. The Bertz CT molecular complexity index is 501. The van der Waals surface area contributed by atoms with Gasteiger partial charge >= 0.3 is 0 Å². The summed E-state index contributed by atoms with van der Waals surface area (Å²) in [6.07, 6.45) is 3.49. The lowest BCUT2D eigenvalue weighted by atomic mass is 9.96. The van der Waals surface area contributed by atoms with Gasteiger partial charge in [-0.25, -0.2) is 0 Å². The van der Waals surface area contributed by atoms with Crippen LogP contribution in [0.3, 0.4) is 0 Å². The van der Waals surface area contributed by atoms with E-state index >= 15 is 0 Å². The van der Waals surface area contributed by atoms with E-state index in [1.165, 1.54) is 12.8 Å². The fourth-order valence-electron chi connectivity index (χ4n) is 2.90. The van der Waals surface area contributed by atoms with Gasteiger partial charge in [0.05, 0.1) is 5.69 Å². The lowest BCUT2D eigenvalue weighted by Gasteiger charge is -2.31. The van der Waals surface area contributed by atoms with E-state index in [4.69, 9.17) is 16.3 Å². The number of halogens is 1. The highest BCUT2D eigenvalue weighted by molar-refractivity contribution is 6.31. The smallest absolute Gasteiger partial charge is 0.265 e. The van der Waals surface area contributed by atoms with E-state index in [1.54, 1.807) is 6.07 Å². The first-order chi connectivity index (χ1) is 9.74. The predicted molar refractivity (Wildman–Crippen MR) is 79.5 cm³/mol. The molecule has 0 spiro atoms. The Balaban J connectivity index is 1.71. The number of anilines is 1. The quantitative estimate of drug-likeness (QED) is 0.931. The van der Waals surface area contributed by atoms with Crippen LogP contribution >= 0.6 is 11.6 Å². The van der Waals surface area contributed by atoms with Gasteiger partial charge in [0.2, 0.25) is 0 Å². The highest BCUT2D eigenvalue weighted by atomic mass is 35.5. The van der Waals surface area contributed by atoms with E-state index in [0.29, 0.717) is 10.9 Å².